The van der Waals surface area contributed by atoms with Gasteiger partial charge < -0.3 is 4.57 Å². The van der Waals surface area contributed by atoms with E-state index >= 15 is 0 Å². The molecule has 5 nitrogen and oxygen atoms in total. The maximum absolute atomic E-state index is 13.0. The predicted octanol–water partition coefficient (Wildman–Crippen LogP) is 3.44. The van der Waals surface area contributed by atoms with Crippen LogP contribution in [0.3, 0.4) is 0 Å². The van der Waals surface area contributed by atoms with Crippen molar-refractivity contribution in [3.8, 4) is 0 Å². The van der Waals surface area contributed by atoms with Gasteiger partial charge in [-0.1, -0.05) is 24.3 Å². The highest BCUT2D eigenvalue weighted by Gasteiger charge is 2.26. The van der Waals surface area contributed by atoms with Crippen LogP contribution in [-0.4, -0.2) is 57.3 Å². The summed E-state index contributed by atoms with van der Waals surface area (Å²) in [4.78, 5) is 4.95. The number of hydrogen-bond acceptors (Lipinski definition) is 4. The van der Waals surface area contributed by atoms with Gasteiger partial charge in [-0.05, 0) is 63.0 Å². The Morgan fingerprint density at radius 2 is 1.79 bits per heavy atom. The fraction of sp³-hybridized carbons (Fsp3) is 0.545. The molecule has 2 fully saturated rings. The highest BCUT2D eigenvalue weighted by molar-refractivity contribution is 5.48. The summed E-state index contributed by atoms with van der Waals surface area (Å²) in [5.41, 5.74) is 1.04. The van der Waals surface area contributed by atoms with E-state index in [1.807, 2.05) is 12.1 Å². The molecule has 4 rings (SSSR count). The van der Waals surface area contributed by atoms with Crippen LogP contribution in [0.1, 0.15) is 48.8 Å². The lowest BCUT2D eigenvalue weighted by Gasteiger charge is -2.31. The number of hydrogen-bond donors (Lipinski definition) is 0. The third-order valence-electron chi connectivity index (χ3n) is 5.98. The maximum Gasteiger partial charge on any atom is 0.146 e. The second kappa shape index (κ2) is 8.97. The van der Waals surface area contributed by atoms with Gasteiger partial charge in [-0.25, -0.2) is 4.39 Å². The van der Waals surface area contributed by atoms with Crippen molar-refractivity contribution in [2.75, 3.05) is 32.7 Å². The van der Waals surface area contributed by atoms with Crippen molar-refractivity contribution in [3.63, 3.8) is 0 Å². The molecule has 1 aromatic carbocycles. The topological polar surface area (TPSA) is 37.2 Å². The molecule has 2 saturated heterocycles. The molecular formula is C22H30FN5. The van der Waals surface area contributed by atoms with Gasteiger partial charge in [0.15, 0.2) is 0 Å². The van der Waals surface area contributed by atoms with Crippen molar-refractivity contribution in [1.82, 2.24) is 24.6 Å². The molecule has 1 atom stereocenters. The average Bonchev–Trinajstić information content (AvgIpc) is 3.34. The van der Waals surface area contributed by atoms with E-state index in [4.69, 9.17) is 0 Å². The molecule has 0 saturated carbocycles. The van der Waals surface area contributed by atoms with Crippen LogP contribution in [0.15, 0.2) is 30.3 Å². The third kappa shape index (κ3) is 4.67. The Bertz CT molecular complexity index is 792. The van der Waals surface area contributed by atoms with Crippen LogP contribution in [0.2, 0.25) is 0 Å². The molecule has 0 aliphatic carbocycles. The summed E-state index contributed by atoms with van der Waals surface area (Å²) in [6.07, 6.45) is 9.20. The molecule has 0 amide bonds. The first-order valence-electron chi connectivity index (χ1n) is 10.4. The largest absolute Gasteiger partial charge is 0.317 e. The van der Waals surface area contributed by atoms with Crippen LogP contribution in [0.5, 0.6) is 0 Å². The van der Waals surface area contributed by atoms with E-state index in [2.05, 4.69) is 43.8 Å². The normalized spacial score (nSPS) is 21.7. The van der Waals surface area contributed by atoms with E-state index in [-0.39, 0.29) is 5.82 Å². The minimum atomic E-state index is -0.191. The minimum absolute atomic E-state index is 0.191. The van der Waals surface area contributed by atoms with Gasteiger partial charge in [-0.3, -0.25) is 9.80 Å². The SMILES string of the molecule is Cn1c(CN2CCCC2)nnc1[C@@H]1CCCN(C/C=C/c2ccc(F)cc2)C1. The van der Waals surface area contributed by atoms with Gasteiger partial charge in [0, 0.05) is 26.1 Å². The number of halogens is 1. The Kier molecular flexibility index (Phi) is 6.17. The van der Waals surface area contributed by atoms with Gasteiger partial charge in [0.05, 0.1) is 6.54 Å². The summed E-state index contributed by atoms with van der Waals surface area (Å²) in [5, 5.41) is 9.05. The molecule has 0 spiro atoms. The van der Waals surface area contributed by atoms with Crippen LogP contribution in [0, 0.1) is 5.82 Å². The summed E-state index contributed by atoms with van der Waals surface area (Å²) in [6.45, 7) is 6.32. The Labute approximate surface area is 166 Å². The zero-order chi connectivity index (χ0) is 19.3. The fourth-order valence-corrected chi connectivity index (χ4v) is 4.35. The Morgan fingerprint density at radius 3 is 2.57 bits per heavy atom. The van der Waals surface area contributed by atoms with E-state index in [0.29, 0.717) is 5.92 Å². The van der Waals surface area contributed by atoms with E-state index in [9.17, 15) is 4.39 Å². The minimum Gasteiger partial charge on any atom is -0.317 e. The number of nitrogens with zero attached hydrogens (tertiary/aromatic N) is 5. The molecule has 0 radical (unpaired) electrons. The summed E-state index contributed by atoms with van der Waals surface area (Å²) < 4.78 is 15.2. The summed E-state index contributed by atoms with van der Waals surface area (Å²) in [7, 11) is 2.12. The highest BCUT2D eigenvalue weighted by atomic mass is 19.1. The molecule has 3 heterocycles. The summed E-state index contributed by atoms with van der Waals surface area (Å²) in [6, 6.07) is 6.63. The van der Waals surface area contributed by atoms with Crippen molar-refractivity contribution in [2.24, 2.45) is 7.05 Å². The van der Waals surface area contributed by atoms with Gasteiger partial charge in [0.1, 0.15) is 17.5 Å². The van der Waals surface area contributed by atoms with E-state index < -0.39 is 0 Å². The molecule has 2 aliphatic heterocycles. The van der Waals surface area contributed by atoms with Crippen LogP contribution in [0.4, 0.5) is 4.39 Å². The van der Waals surface area contributed by atoms with E-state index in [0.717, 1.165) is 43.4 Å². The Balaban J connectivity index is 1.34. The molecule has 0 unspecified atom stereocenters. The number of piperidine rings is 1. The molecule has 2 aromatic rings. The number of benzene rings is 1. The number of likely N-dealkylation sites (tertiary alicyclic amines) is 2. The lowest BCUT2D eigenvalue weighted by atomic mass is 9.97. The third-order valence-corrected chi connectivity index (χ3v) is 5.98. The lowest BCUT2D eigenvalue weighted by molar-refractivity contribution is 0.221. The van der Waals surface area contributed by atoms with Crippen LogP contribution < -0.4 is 0 Å². The highest BCUT2D eigenvalue weighted by Crippen LogP contribution is 2.26. The van der Waals surface area contributed by atoms with Gasteiger partial charge in [0.25, 0.3) is 0 Å². The molecule has 150 valence electrons. The Hall–Kier alpha value is -2.05. The second-order valence-corrected chi connectivity index (χ2v) is 8.07. The summed E-state index contributed by atoms with van der Waals surface area (Å²) in [5.74, 6) is 2.47. The Morgan fingerprint density at radius 1 is 1.04 bits per heavy atom. The molecule has 0 bridgehead atoms. The van der Waals surface area contributed by atoms with Crippen molar-refractivity contribution < 1.29 is 4.39 Å². The van der Waals surface area contributed by atoms with Crippen LogP contribution >= 0.6 is 0 Å². The quantitative estimate of drug-likeness (QED) is 0.766. The predicted molar refractivity (Wildman–Crippen MR) is 109 cm³/mol. The smallest absolute Gasteiger partial charge is 0.146 e. The first-order chi connectivity index (χ1) is 13.7. The monoisotopic (exact) mass is 383 g/mol. The van der Waals surface area contributed by atoms with Gasteiger partial charge in [-0.2, -0.15) is 0 Å². The summed E-state index contributed by atoms with van der Waals surface area (Å²) >= 11 is 0. The molecule has 6 heteroatoms. The first-order valence-corrected chi connectivity index (χ1v) is 10.4. The molecule has 0 N–H and O–H groups in total. The molecular weight excluding hydrogens is 353 g/mol. The van der Waals surface area contributed by atoms with Crippen molar-refractivity contribution in [1.29, 1.82) is 0 Å². The molecule has 1 aromatic heterocycles. The van der Waals surface area contributed by atoms with Gasteiger partial charge in [0.2, 0.25) is 0 Å². The van der Waals surface area contributed by atoms with Crippen LogP contribution in [0.25, 0.3) is 6.08 Å². The van der Waals surface area contributed by atoms with Gasteiger partial charge >= 0.3 is 0 Å². The number of rotatable bonds is 6. The molecule has 2 aliphatic rings. The number of aromatic nitrogens is 3. The second-order valence-electron chi connectivity index (χ2n) is 8.07. The van der Waals surface area contributed by atoms with E-state index in [1.54, 1.807) is 0 Å². The van der Waals surface area contributed by atoms with Crippen LogP contribution in [-0.2, 0) is 13.6 Å². The zero-order valence-corrected chi connectivity index (χ0v) is 16.7. The van der Waals surface area contributed by atoms with Crippen molar-refractivity contribution >= 4 is 6.08 Å². The zero-order valence-electron chi connectivity index (χ0n) is 16.7. The average molecular weight is 384 g/mol. The standard InChI is InChI=1S/C22H30FN5/c1-26-21(17-28-12-2-3-13-28)24-25-22(26)19-7-5-15-27(16-19)14-4-6-18-8-10-20(23)11-9-18/h4,6,8-11,19H,2-3,5,7,12-17H2,1H3/b6-4+/t19-/m1/s1. The van der Waals surface area contributed by atoms with Crippen molar-refractivity contribution in [3.05, 3.63) is 53.4 Å². The fourth-order valence-electron chi connectivity index (χ4n) is 4.35. The maximum atomic E-state index is 13.0. The lowest BCUT2D eigenvalue weighted by Crippen LogP contribution is -2.35. The van der Waals surface area contributed by atoms with Crippen molar-refractivity contribution in [2.45, 2.75) is 38.1 Å². The molecule has 28 heavy (non-hydrogen) atoms. The first kappa shape index (κ1) is 19.3. The van der Waals surface area contributed by atoms with E-state index in [1.165, 1.54) is 50.9 Å². The van der Waals surface area contributed by atoms with Gasteiger partial charge in [-0.15, -0.1) is 10.2 Å².